The van der Waals surface area contributed by atoms with E-state index in [1.807, 2.05) is 35.2 Å². The molecular weight excluding hydrogens is 492 g/mol. The number of rotatable bonds is 10. The largest absolute Gasteiger partial charge is 0.493 e. The number of hydrogen-bond acceptors (Lipinski definition) is 8. The monoisotopic (exact) mass is 518 g/mol. The first-order valence-electron chi connectivity index (χ1n) is 10.7. The molecule has 1 aliphatic heterocycles. The summed E-state index contributed by atoms with van der Waals surface area (Å²) in [5.41, 5.74) is 0.756. The molecule has 0 amide bonds. The smallest absolute Gasteiger partial charge is 0.242 e. The van der Waals surface area contributed by atoms with Crippen molar-refractivity contribution in [2.75, 3.05) is 30.9 Å². The van der Waals surface area contributed by atoms with Gasteiger partial charge in [-0.3, -0.25) is 0 Å². The van der Waals surface area contributed by atoms with Gasteiger partial charge < -0.3 is 14.4 Å². The number of primary sulfonamides is 1. The Balaban J connectivity index is 1.38. The van der Waals surface area contributed by atoms with Crippen LogP contribution in [0.25, 0.3) is 0 Å². The van der Waals surface area contributed by atoms with E-state index in [0.29, 0.717) is 30.4 Å². The lowest BCUT2D eigenvalue weighted by Gasteiger charge is -2.40. The summed E-state index contributed by atoms with van der Waals surface area (Å²) < 4.78 is 61.8. The van der Waals surface area contributed by atoms with Gasteiger partial charge in [-0.15, -0.1) is 0 Å². The highest BCUT2D eigenvalue weighted by Gasteiger charge is 2.33. The van der Waals surface area contributed by atoms with Crippen molar-refractivity contribution in [1.29, 1.82) is 0 Å². The van der Waals surface area contributed by atoms with Crippen LogP contribution in [0, 0.1) is 5.92 Å². The Morgan fingerprint density at radius 1 is 1.03 bits per heavy atom. The van der Waals surface area contributed by atoms with Crippen molar-refractivity contribution in [3.8, 4) is 17.2 Å². The Hall–Kier alpha value is -3.19. The van der Waals surface area contributed by atoms with Crippen molar-refractivity contribution in [2.24, 2.45) is 11.1 Å². The Morgan fingerprint density at radius 2 is 1.69 bits per heavy atom. The molecular formula is C23H26N4O6S2. The quantitative estimate of drug-likeness (QED) is 0.416. The molecule has 3 N–H and O–H groups in total. The van der Waals surface area contributed by atoms with Gasteiger partial charge in [0.15, 0.2) is 11.6 Å². The standard InChI is InChI=1S/C23H26N4O6S2/c1-32-22-11-21(13-25-23(22)27-14-18(15-27)16-34(24,28)29)35(30,31)26-12-17-7-9-20(10-8-17)33-19-5-3-2-4-6-19/h2-11,13,18,26H,12,14-16H2,1H3,(H2,24,28,29). The van der Waals surface area contributed by atoms with Crippen LogP contribution < -0.4 is 24.2 Å². The molecule has 0 unspecified atom stereocenters. The minimum Gasteiger partial charge on any atom is -0.493 e. The topological polar surface area (TPSA) is 141 Å². The van der Waals surface area contributed by atoms with E-state index >= 15 is 0 Å². The van der Waals surface area contributed by atoms with Crippen LogP contribution in [0.15, 0.2) is 71.8 Å². The number of sulfonamides is 2. The number of nitrogens with zero attached hydrogens (tertiary/aromatic N) is 2. The number of nitrogens with two attached hydrogens (primary N) is 1. The Kier molecular flexibility index (Phi) is 7.26. The summed E-state index contributed by atoms with van der Waals surface area (Å²) in [6.45, 7) is 0.960. The minimum absolute atomic E-state index is 0.0382. The fourth-order valence-corrected chi connectivity index (χ4v) is 5.54. The van der Waals surface area contributed by atoms with Crippen LogP contribution in [-0.2, 0) is 26.6 Å². The van der Waals surface area contributed by atoms with Crippen molar-refractivity contribution in [1.82, 2.24) is 9.71 Å². The molecule has 0 radical (unpaired) electrons. The summed E-state index contributed by atoms with van der Waals surface area (Å²) in [5, 5.41) is 5.10. The lowest BCUT2D eigenvalue weighted by molar-refractivity contribution is 0.394. The molecule has 1 saturated heterocycles. The van der Waals surface area contributed by atoms with Gasteiger partial charge in [0.2, 0.25) is 20.0 Å². The molecule has 12 heteroatoms. The van der Waals surface area contributed by atoms with E-state index < -0.39 is 20.0 Å². The second kappa shape index (κ2) is 10.2. The van der Waals surface area contributed by atoms with Gasteiger partial charge in [0.25, 0.3) is 0 Å². The molecule has 1 fully saturated rings. The highest BCUT2D eigenvalue weighted by Crippen LogP contribution is 2.33. The zero-order valence-electron chi connectivity index (χ0n) is 19.0. The third kappa shape index (κ3) is 6.48. The summed E-state index contributed by atoms with van der Waals surface area (Å²) >= 11 is 0. The predicted octanol–water partition coefficient (Wildman–Crippen LogP) is 2.09. The zero-order valence-corrected chi connectivity index (χ0v) is 20.6. The van der Waals surface area contributed by atoms with Crippen LogP contribution in [0.3, 0.4) is 0 Å². The highest BCUT2D eigenvalue weighted by molar-refractivity contribution is 7.89. The first kappa shape index (κ1) is 24.9. The van der Waals surface area contributed by atoms with E-state index in [4.69, 9.17) is 14.6 Å². The maximum Gasteiger partial charge on any atom is 0.242 e. The van der Waals surface area contributed by atoms with E-state index in [2.05, 4.69) is 9.71 Å². The molecule has 186 valence electrons. The van der Waals surface area contributed by atoms with Crippen LogP contribution in [0.2, 0.25) is 0 Å². The normalized spacial score (nSPS) is 14.4. The van der Waals surface area contributed by atoms with Gasteiger partial charge in [-0.2, -0.15) is 0 Å². The third-order valence-electron chi connectivity index (χ3n) is 5.43. The van der Waals surface area contributed by atoms with Crippen LogP contribution in [0.4, 0.5) is 5.82 Å². The molecule has 0 saturated carbocycles. The van der Waals surface area contributed by atoms with E-state index in [0.717, 1.165) is 5.56 Å². The highest BCUT2D eigenvalue weighted by atomic mass is 32.2. The maximum absolute atomic E-state index is 12.8. The van der Waals surface area contributed by atoms with Gasteiger partial charge >= 0.3 is 0 Å². The first-order valence-corrected chi connectivity index (χ1v) is 13.9. The number of nitrogens with one attached hydrogen (secondary N) is 1. The van der Waals surface area contributed by atoms with Crippen molar-refractivity contribution in [2.45, 2.75) is 11.4 Å². The van der Waals surface area contributed by atoms with Crippen LogP contribution >= 0.6 is 0 Å². The SMILES string of the molecule is COc1cc(S(=O)(=O)NCc2ccc(Oc3ccccc3)cc2)cnc1N1CC(CS(N)(=O)=O)C1. The molecule has 2 heterocycles. The average Bonchev–Trinajstić information content (AvgIpc) is 2.80. The fourth-order valence-electron chi connectivity index (χ4n) is 3.69. The molecule has 0 spiro atoms. The second-order valence-electron chi connectivity index (χ2n) is 8.18. The molecule has 10 nitrogen and oxygen atoms in total. The van der Waals surface area contributed by atoms with Gasteiger partial charge in [0.05, 0.1) is 12.9 Å². The molecule has 0 bridgehead atoms. The van der Waals surface area contributed by atoms with Gasteiger partial charge in [0, 0.05) is 37.8 Å². The molecule has 1 aliphatic rings. The molecule has 1 aromatic heterocycles. The first-order chi connectivity index (χ1) is 16.6. The number of anilines is 1. The van der Waals surface area contributed by atoms with Crippen molar-refractivity contribution < 1.29 is 26.3 Å². The van der Waals surface area contributed by atoms with Crippen LogP contribution in [0.5, 0.6) is 17.2 Å². The molecule has 3 aromatic rings. The third-order valence-corrected chi connectivity index (χ3v) is 7.74. The summed E-state index contributed by atoms with van der Waals surface area (Å²) in [6, 6.07) is 17.9. The lowest BCUT2D eigenvalue weighted by atomic mass is 10.0. The Labute approximate surface area is 204 Å². The Bertz CT molecular complexity index is 1380. The minimum atomic E-state index is -3.85. The lowest BCUT2D eigenvalue weighted by Crippen LogP contribution is -2.50. The van der Waals surface area contributed by atoms with Crippen molar-refractivity contribution in [3.63, 3.8) is 0 Å². The number of benzene rings is 2. The number of pyridine rings is 1. The number of aromatic nitrogens is 1. The summed E-state index contributed by atoms with van der Waals surface area (Å²) in [5.74, 6) is 1.87. The summed E-state index contributed by atoms with van der Waals surface area (Å²) in [7, 11) is -5.98. The van der Waals surface area contributed by atoms with Crippen molar-refractivity contribution >= 4 is 25.9 Å². The van der Waals surface area contributed by atoms with Crippen LogP contribution in [-0.4, -0.2) is 47.8 Å². The number of methoxy groups -OCH3 is 1. The molecule has 0 aliphatic carbocycles. The van der Waals surface area contributed by atoms with Gasteiger partial charge in [0.1, 0.15) is 16.4 Å². The molecule has 2 aromatic carbocycles. The Morgan fingerprint density at radius 3 is 2.31 bits per heavy atom. The van der Waals surface area contributed by atoms with E-state index in [1.165, 1.54) is 19.4 Å². The van der Waals surface area contributed by atoms with E-state index in [-0.39, 0.29) is 28.9 Å². The average molecular weight is 519 g/mol. The predicted molar refractivity (Wildman–Crippen MR) is 131 cm³/mol. The summed E-state index contributed by atoms with van der Waals surface area (Å²) in [6.07, 6.45) is 1.25. The molecule has 0 atom stereocenters. The van der Waals surface area contributed by atoms with Gasteiger partial charge in [-0.25, -0.2) is 31.7 Å². The molecule has 4 rings (SSSR count). The molecule has 35 heavy (non-hydrogen) atoms. The van der Waals surface area contributed by atoms with Gasteiger partial charge in [-0.05, 0) is 29.8 Å². The van der Waals surface area contributed by atoms with E-state index in [1.54, 1.807) is 24.3 Å². The maximum atomic E-state index is 12.8. The second-order valence-corrected chi connectivity index (χ2v) is 11.6. The van der Waals surface area contributed by atoms with Crippen LogP contribution in [0.1, 0.15) is 5.56 Å². The number of ether oxygens (including phenoxy) is 2. The number of hydrogen-bond donors (Lipinski definition) is 2. The summed E-state index contributed by atoms with van der Waals surface area (Å²) in [4.78, 5) is 6.04. The zero-order chi connectivity index (χ0) is 25.1. The van der Waals surface area contributed by atoms with E-state index in [9.17, 15) is 16.8 Å². The van der Waals surface area contributed by atoms with Gasteiger partial charge in [-0.1, -0.05) is 30.3 Å². The number of para-hydroxylation sites is 1. The van der Waals surface area contributed by atoms with Crippen molar-refractivity contribution in [3.05, 3.63) is 72.4 Å². The fraction of sp³-hybridized carbons (Fsp3) is 0.261.